The first kappa shape index (κ1) is 17.0. The van der Waals surface area contributed by atoms with Crippen LogP contribution in [0, 0.1) is 5.92 Å². The fourth-order valence-electron chi connectivity index (χ4n) is 4.05. The van der Waals surface area contributed by atoms with E-state index in [4.69, 9.17) is 0 Å². The molecule has 1 aromatic heterocycles. The Morgan fingerprint density at radius 2 is 1.73 bits per heavy atom. The summed E-state index contributed by atoms with van der Waals surface area (Å²) < 4.78 is 0. The molecule has 1 aromatic carbocycles. The molecule has 0 atom stereocenters. The number of nitrogens with one attached hydrogen (secondary N) is 1. The third kappa shape index (κ3) is 3.87. The van der Waals surface area contributed by atoms with Crippen molar-refractivity contribution in [2.24, 2.45) is 5.92 Å². The SMILES string of the molecule is O=C(NC1CCCC1)C1CCN(c2cc(-c3ccccc3)ncn2)CC1. The fourth-order valence-corrected chi connectivity index (χ4v) is 4.05. The molecule has 1 aliphatic carbocycles. The third-order valence-electron chi connectivity index (χ3n) is 5.61. The first-order chi connectivity index (χ1) is 12.8. The molecule has 0 spiro atoms. The van der Waals surface area contributed by atoms with Gasteiger partial charge in [-0.3, -0.25) is 4.79 Å². The van der Waals surface area contributed by atoms with Crippen molar-refractivity contribution in [3.8, 4) is 11.3 Å². The normalized spacial score (nSPS) is 18.8. The van der Waals surface area contributed by atoms with E-state index in [9.17, 15) is 4.79 Å². The smallest absolute Gasteiger partial charge is 0.223 e. The Morgan fingerprint density at radius 1 is 1.00 bits per heavy atom. The molecule has 2 fully saturated rings. The standard InChI is InChI=1S/C21H26N4O/c26-21(24-18-8-4-5-9-18)17-10-12-25(13-11-17)20-14-19(22-15-23-20)16-6-2-1-3-7-16/h1-3,6-7,14-15,17-18H,4-5,8-13H2,(H,24,26). The zero-order valence-corrected chi connectivity index (χ0v) is 15.1. The quantitative estimate of drug-likeness (QED) is 0.918. The van der Waals surface area contributed by atoms with Gasteiger partial charge in [-0.25, -0.2) is 9.97 Å². The first-order valence-corrected chi connectivity index (χ1v) is 9.72. The predicted octanol–water partition coefficient (Wildman–Crippen LogP) is 3.42. The van der Waals surface area contributed by atoms with E-state index in [-0.39, 0.29) is 11.8 Å². The lowest BCUT2D eigenvalue weighted by molar-refractivity contribution is -0.126. The number of aromatic nitrogens is 2. The van der Waals surface area contributed by atoms with E-state index in [1.54, 1.807) is 6.33 Å². The number of piperidine rings is 1. The van der Waals surface area contributed by atoms with Gasteiger partial charge in [0.05, 0.1) is 5.69 Å². The van der Waals surface area contributed by atoms with Crippen LogP contribution in [-0.4, -0.2) is 35.0 Å². The van der Waals surface area contributed by atoms with Crippen LogP contribution in [-0.2, 0) is 4.79 Å². The maximum atomic E-state index is 12.5. The van der Waals surface area contributed by atoms with Crippen molar-refractivity contribution in [3.05, 3.63) is 42.7 Å². The number of amides is 1. The average molecular weight is 350 g/mol. The maximum Gasteiger partial charge on any atom is 0.223 e. The second-order valence-electron chi connectivity index (χ2n) is 7.38. The minimum atomic E-state index is 0.141. The highest BCUT2D eigenvalue weighted by Gasteiger charge is 2.28. The minimum absolute atomic E-state index is 0.141. The van der Waals surface area contributed by atoms with E-state index in [1.165, 1.54) is 12.8 Å². The summed E-state index contributed by atoms with van der Waals surface area (Å²) in [5, 5.41) is 3.25. The van der Waals surface area contributed by atoms with Crippen LogP contribution in [0.25, 0.3) is 11.3 Å². The number of hydrogen-bond donors (Lipinski definition) is 1. The molecule has 4 rings (SSSR count). The number of hydrogen-bond acceptors (Lipinski definition) is 4. The van der Waals surface area contributed by atoms with E-state index in [0.29, 0.717) is 6.04 Å². The van der Waals surface area contributed by atoms with Crippen LogP contribution in [0.2, 0.25) is 0 Å². The second kappa shape index (κ2) is 7.85. The Morgan fingerprint density at radius 3 is 2.46 bits per heavy atom. The predicted molar refractivity (Wildman–Crippen MR) is 103 cm³/mol. The largest absolute Gasteiger partial charge is 0.356 e. The molecule has 1 aliphatic heterocycles. The van der Waals surface area contributed by atoms with Gasteiger partial charge in [-0.15, -0.1) is 0 Å². The molecule has 5 heteroatoms. The van der Waals surface area contributed by atoms with Crippen molar-refractivity contribution >= 4 is 11.7 Å². The van der Waals surface area contributed by atoms with Crippen LogP contribution in [0.15, 0.2) is 42.7 Å². The molecule has 2 aliphatic rings. The summed E-state index contributed by atoms with van der Waals surface area (Å²) in [5.74, 6) is 1.35. The Labute approximate surface area is 154 Å². The average Bonchev–Trinajstić information content (AvgIpc) is 3.22. The van der Waals surface area contributed by atoms with Crippen molar-refractivity contribution < 1.29 is 4.79 Å². The molecule has 26 heavy (non-hydrogen) atoms. The molecule has 2 aromatic rings. The Kier molecular flexibility index (Phi) is 5.14. The number of anilines is 1. The number of benzene rings is 1. The van der Waals surface area contributed by atoms with Gasteiger partial charge in [-0.2, -0.15) is 0 Å². The highest BCUT2D eigenvalue weighted by Crippen LogP contribution is 2.26. The van der Waals surface area contributed by atoms with Gasteiger partial charge in [-0.1, -0.05) is 43.2 Å². The molecular formula is C21H26N4O. The molecule has 0 unspecified atom stereocenters. The highest BCUT2D eigenvalue weighted by molar-refractivity contribution is 5.79. The van der Waals surface area contributed by atoms with E-state index in [2.05, 4.69) is 32.3 Å². The molecule has 1 saturated heterocycles. The number of carbonyl (C=O) groups excluding carboxylic acids is 1. The molecule has 0 radical (unpaired) electrons. The van der Waals surface area contributed by atoms with E-state index in [0.717, 1.165) is 55.8 Å². The van der Waals surface area contributed by atoms with E-state index in [1.807, 2.05) is 24.3 Å². The van der Waals surface area contributed by atoms with Gasteiger partial charge in [0, 0.05) is 36.7 Å². The van der Waals surface area contributed by atoms with Gasteiger partial charge in [0.2, 0.25) is 5.91 Å². The number of rotatable bonds is 4. The minimum Gasteiger partial charge on any atom is -0.356 e. The molecule has 1 amide bonds. The summed E-state index contributed by atoms with van der Waals surface area (Å²) in [7, 11) is 0. The van der Waals surface area contributed by atoms with Gasteiger partial charge >= 0.3 is 0 Å². The highest BCUT2D eigenvalue weighted by atomic mass is 16.1. The Hall–Kier alpha value is -2.43. The summed E-state index contributed by atoms with van der Waals surface area (Å²) in [6, 6.07) is 12.6. The topological polar surface area (TPSA) is 58.1 Å². The summed E-state index contributed by atoms with van der Waals surface area (Å²) in [5.41, 5.74) is 2.04. The molecule has 1 saturated carbocycles. The Bertz CT molecular complexity index is 735. The zero-order chi connectivity index (χ0) is 17.8. The lowest BCUT2D eigenvalue weighted by atomic mass is 9.95. The van der Waals surface area contributed by atoms with E-state index >= 15 is 0 Å². The van der Waals surface area contributed by atoms with Gasteiger partial charge < -0.3 is 10.2 Å². The number of nitrogens with zero attached hydrogens (tertiary/aromatic N) is 3. The fraction of sp³-hybridized carbons (Fsp3) is 0.476. The number of carbonyl (C=O) groups is 1. The second-order valence-corrected chi connectivity index (χ2v) is 7.38. The zero-order valence-electron chi connectivity index (χ0n) is 15.1. The Balaban J connectivity index is 1.36. The van der Waals surface area contributed by atoms with Crippen molar-refractivity contribution in [1.82, 2.24) is 15.3 Å². The lowest BCUT2D eigenvalue weighted by Crippen LogP contribution is -2.43. The van der Waals surface area contributed by atoms with Gasteiger partial charge in [0.1, 0.15) is 12.1 Å². The molecule has 0 bridgehead atoms. The first-order valence-electron chi connectivity index (χ1n) is 9.72. The van der Waals surface area contributed by atoms with Crippen LogP contribution < -0.4 is 10.2 Å². The summed E-state index contributed by atoms with van der Waals surface area (Å²) in [6.07, 6.45) is 8.21. The van der Waals surface area contributed by atoms with Gasteiger partial charge in [0.15, 0.2) is 0 Å². The molecular weight excluding hydrogens is 324 g/mol. The van der Waals surface area contributed by atoms with Crippen LogP contribution in [0.3, 0.4) is 0 Å². The third-order valence-corrected chi connectivity index (χ3v) is 5.61. The maximum absolute atomic E-state index is 12.5. The molecule has 136 valence electrons. The lowest BCUT2D eigenvalue weighted by Gasteiger charge is -2.32. The van der Waals surface area contributed by atoms with Crippen LogP contribution >= 0.6 is 0 Å². The summed E-state index contributed by atoms with van der Waals surface area (Å²) in [6.45, 7) is 1.74. The van der Waals surface area contributed by atoms with Crippen molar-refractivity contribution in [1.29, 1.82) is 0 Å². The van der Waals surface area contributed by atoms with Gasteiger partial charge in [-0.05, 0) is 25.7 Å². The van der Waals surface area contributed by atoms with Crippen LogP contribution in [0.4, 0.5) is 5.82 Å². The molecule has 5 nitrogen and oxygen atoms in total. The van der Waals surface area contributed by atoms with Gasteiger partial charge in [0.25, 0.3) is 0 Å². The monoisotopic (exact) mass is 350 g/mol. The van der Waals surface area contributed by atoms with Crippen LogP contribution in [0.1, 0.15) is 38.5 Å². The van der Waals surface area contributed by atoms with E-state index < -0.39 is 0 Å². The van der Waals surface area contributed by atoms with Crippen molar-refractivity contribution in [3.63, 3.8) is 0 Å². The van der Waals surface area contributed by atoms with Crippen LogP contribution in [0.5, 0.6) is 0 Å². The molecule has 2 heterocycles. The summed E-state index contributed by atoms with van der Waals surface area (Å²) in [4.78, 5) is 23.6. The summed E-state index contributed by atoms with van der Waals surface area (Å²) >= 11 is 0. The van der Waals surface area contributed by atoms with Crippen molar-refractivity contribution in [2.75, 3.05) is 18.0 Å². The van der Waals surface area contributed by atoms with Crippen molar-refractivity contribution in [2.45, 2.75) is 44.6 Å². The molecule has 1 N–H and O–H groups in total.